The van der Waals surface area contributed by atoms with E-state index in [1.54, 1.807) is 13.3 Å². The summed E-state index contributed by atoms with van der Waals surface area (Å²) >= 11 is 0. The van der Waals surface area contributed by atoms with Gasteiger partial charge in [-0.3, -0.25) is 9.69 Å². The Balaban J connectivity index is 1.50. The van der Waals surface area contributed by atoms with Gasteiger partial charge in [-0.25, -0.2) is 4.68 Å². The minimum atomic E-state index is -0.0856. The minimum absolute atomic E-state index is 0.0856. The van der Waals surface area contributed by atoms with E-state index in [0.29, 0.717) is 31.2 Å². The molecule has 0 aliphatic heterocycles. The Morgan fingerprint density at radius 1 is 1.22 bits per heavy atom. The van der Waals surface area contributed by atoms with E-state index in [9.17, 15) is 4.79 Å². The Hall–Kier alpha value is -3.00. The summed E-state index contributed by atoms with van der Waals surface area (Å²) in [5.41, 5.74) is 1.76. The quantitative estimate of drug-likeness (QED) is 0.657. The van der Waals surface area contributed by atoms with Crippen molar-refractivity contribution in [1.82, 2.24) is 30.4 Å². The van der Waals surface area contributed by atoms with E-state index >= 15 is 0 Å². The number of tetrazole rings is 1. The second-order valence-electron chi connectivity index (χ2n) is 6.77. The molecule has 4 rings (SSSR count). The summed E-state index contributed by atoms with van der Waals surface area (Å²) < 4.78 is 7.46. The molecule has 0 bridgehead atoms. The van der Waals surface area contributed by atoms with Gasteiger partial charge in [-0.1, -0.05) is 12.1 Å². The lowest BCUT2D eigenvalue weighted by Crippen LogP contribution is -2.24. The number of carbonyl (C=O) groups excluding carboxylic acids is 1. The Morgan fingerprint density at radius 2 is 2.04 bits per heavy atom. The predicted octanol–water partition coefficient (Wildman–Crippen LogP) is 2.16. The lowest BCUT2D eigenvalue weighted by Gasteiger charge is -2.21. The molecule has 8 heteroatoms. The van der Waals surface area contributed by atoms with E-state index in [1.165, 1.54) is 0 Å². The van der Waals surface area contributed by atoms with Gasteiger partial charge >= 0.3 is 0 Å². The third-order valence-electron chi connectivity index (χ3n) is 4.63. The van der Waals surface area contributed by atoms with Crippen LogP contribution in [0.3, 0.4) is 0 Å². The van der Waals surface area contributed by atoms with Crippen LogP contribution in [-0.4, -0.2) is 38.1 Å². The van der Waals surface area contributed by atoms with E-state index in [-0.39, 0.29) is 5.91 Å². The number of carbonyl (C=O) groups is 1. The average Bonchev–Trinajstić information content (AvgIpc) is 3.20. The molecule has 1 aromatic carbocycles. The Kier molecular flexibility index (Phi) is 4.97. The van der Waals surface area contributed by atoms with Crippen LogP contribution in [0.5, 0.6) is 0 Å². The van der Waals surface area contributed by atoms with Gasteiger partial charge in [0.15, 0.2) is 5.82 Å². The first kappa shape index (κ1) is 17.4. The molecule has 0 saturated heterocycles. The first-order valence-corrected chi connectivity index (χ1v) is 9.05. The highest BCUT2D eigenvalue weighted by Gasteiger charge is 2.28. The van der Waals surface area contributed by atoms with Crippen LogP contribution in [0.15, 0.2) is 47.1 Å². The molecule has 1 fully saturated rings. The van der Waals surface area contributed by atoms with E-state index < -0.39 is 0 Å². The molecular formula is C19H22N6O2. The van der Waals surface area contributed by atoms with Crippen molar-refractivity contribution in [2.75, 3.05) is 7.05 Å². The number of furan rings is 1. The monoisotopic (exact) mass is 366 g/mol. The fourth-order valence-corrected chi connectivity index (χ4v) is 3.07. The summed E-state index contributed by atoms with van der Waals surface area (Å²) in [6.45, 7) is 1.98. The lowest BCUT2D eigenvalue weighted by molar-refractivity contribution is 0.0963. The third-order valence-corrected chi connectivity index (χ3v) is 4.63. The SMILES string of the molecule is CNC(=O)c1ccc(CN(Cc2ccco2)Cc2nnnn2C2CC2)cc1. The minimum Gasteiger partial charge on any atom is -0.468 e. The van der Waals surface area contributed by atoms with Crippen molar-refractivity contribution in [3.05, 3.63) is 65.4 Å². The van der Waals surface area contributed by atoms with Crippen molar-refractivity contribution < 1.29 is 9.21 Å². The predicted molar refractivity (Wildman–Crippen MR) is 97.6 cm³/mol. The van der Waals surface area contributed by atoms with Crippen molar-refractivity contribution in [2.45, 2.75) is 38.5 Å². The molecule has 0 spiro atoms. The molecule has 1 amide bonds. The fraction of sp³-hybridized carbons (Fsp3) is 0.368. The lowest BCUT2D eigenvalue weighted by atomic mass is 10.1. The number of benzene rings is 1. The van der Waals surface area contributed by atoms with E-state index in [1.807, 2.05) is 41.1 Å². The molecule has 0 unspecified atom stereocenters. The number of hydrogen-bond acceptors (Lipinski definition) is 6. The smallest absolute Gasteiger partial charge is 0.251 e. The van der Waals surface area contributed by atoms with Crippen molar-refractivity contribution >= 4 is 5.91 Å². The van der Waals surface area contributed by atoms with Crippen LogP contribution in [0.1, 0.15) is 46.4 Å². The summed E-state index contributed by atoms with van der Waals surface area (Å²) in [6, 6.07) is 11.9. The topological polar surface area (TPSA) is 89.1 Å². The molecule has 8 nitrogen and oxygen atoms in total. The molecule has 27 heavy (non-hydrogen) atoms. The van der Waals surface area contributed by atoms with E-state index in [0.717, 1.165) is 30.0 Å². The third kappa shape index (κ3) is 4.22. The maximum atomic E-state index is 11.7. The maximum Gasteiger partial charge on any atom is 0.251 e. The van der Waals surface area contributed by atoms with Crippen molar-refractivity contribution in [3.8, 4) is 0 Å². The van der Waals surface area contributed by atoms with Gasteiger partial charge in [-0.2, -0.15) is 0 Å². The van der Waals surface area contributed by atoms with Crippen LogP contribution in [0, 0.1) is 0 Å². The van der Waals surface area contributed by atoms with Crippen molar-refractivity contribution in [1.29, 1.82) is 0 Å². The molecule has 0 atom stereocenters. The number of nitrogens with one attached hydrogen (secondary N) is 1. The summed E-state index contributed by atoms with van der Waals surface area (Å²) in [6.07, 6.45) is 3.95. The van der Waals surface area contributed by atoms with Gasteiger partial charge in [0.05, 0.1) is 25.4 Å². The second kappa shape index (κ2) is 7.71. The molecular weight excluding hydrogens is 344 g/mol. The normalized spacial score (nSPS) is 13.9. The van der Waals surface area contributed by atoms with Gasteiger partial charge in [-0.05, 0) is 53.1 Å². The maximum absolute atomic E-state index is 11.7. The molecule has 0 radical (unpaired) electrons. The van der Waals surface area contributed by atoms with E-state index in [2.05, 4.69) is 25.7 Å². The first-order valence-electron chi connectivity index (χ1n) is 9.05. The van der Waals surface area contributed by atoms with Gasteiger partial charge < -0.3 is 9.73 Å². The summed E-state index contributed by atoms with van der Waals surface area (Å²) in [4.78, 5) is 14.0. The van der Waals surface area contributed by atoms with Crippen LogP contribution in [0.4, 0.5) is 0 Å². The van der Waals surface area contributed by atoms with Crippen LogP contribution < -0.4 is 5.32 Å². The zero-order valence-corrected chi connectivity index (χ0v) is 15.2. The highest BCUT2D eigenvalue weighted by molar-refractivity contribution is 5.93. The van der Waals surface area contributed by atoms with Gasteiger partial charge in [0, 0.05) is 19.2 Å². The zero-order chi connectivity index (χ0) is 18.6. The molecule has 1 saturated carbocycles. The summed E-state index contributed by atoms with van der Waals surface area (Å²) in [7, 11) is 1.63. The largest absolute Gasteiger partial charge is 0.468 e. The summed E-state index contributed by atoms with van der Waals surface area (Å²) in [5, 5.41) is 14.8. The number of aromatic nitrogens is 4. The van der Waals surface area contributed by atoms with Crippen LogP contribution in [0.25, 0.3) is 0 Å². The molecule has 2 aromatic heterocycles. The average molecular weight is 366 g/mol. The molecule has 2 heterocycles. The molecule has 1 N–H and O–H groups in total. The molecule has 1 aliphatic carbocycles. The summed E-state index contributed by atoms with van der Waals surface area (Å²) in [5.74, 6) is 1.67. The Labute approximate surface area is 157 Å². The molecule has 3 aromatic rings. The van der Waals surface area contributed by atoms with Crippen LogP contribution in [0.2, 0.25) is 0 Å². The molecule has 140 valence electrons. The first-order chi connectivity index (χ1) is 13.2. The number of amides is 1. The number of nitrogens with zero attached hydrogens (tertiary/aromatic N) is 5. The zero-order valence-electron chi connectivity index (χ0n) is 15.2. The fourth-order valence-electron chi connectivity index (χ4n) is 3.07. The number of hydrogen-bond donors (Lipinski definition) is 1. The van der Waals surface area contributed by atoms with Gasteiger partial charge in [0.25, 0.3) is 5.91 Å². The Bertz CT molecular complexity index is 883. The Morgan fingerprint density at radius 3 is 2.70 bits per heavy atom. The highest BCUT2D eigenvalue weighted by Crippen LogP contribution is 2.34. The van der Waals surface area contributed by atoms with E-state index in [4.69, 9.17) is 4.42 Å². The van der Waals surface area contributed by atoms with Crippen LogP contribution in [-0.2, 0) is 19.6 Å². The van der Waals surface area contributed by atoms with Crippen molar-refractivity contribution in [2.24, 2.45) is 0 Å². The highest BCUT2D eigenvalue weighted by atomic mass is 16.3. The standard InChI is InChI=1S/C19H22N6O2/c1-20-19(26)15-6-4-14(5-7-15)11-24(12-17-3-2-10-27-17)13-18-21-22-23-25(18)16-8-9-16/h2-7,10,16H,8-9,11-13H2,1H3,(H,20,26). The van der Waals surface area contributed by atoms with Gasteiger partial charge in [-0.15, -0.1) is 5.10 Å². The second-order valence-corrected chi connectivity index (χ2v) is 6.77. The molecule has 1 aliphatic rings. The van der Waals surface area contributed by atoms with Gasteiger partial charge in [0.1, 0.15) is 5.76 Å². The van der Waals surface area contributed by atoms with Crippen LogP contribution >= 0.6 is 0 Å². The van der Waals surface area contributed by atoms with Gasteiger partial charge in [0.2, 0.25) is 0 Å². The number of rotatable bonds is 8. The van der Waals surface area contributed by atoms with Crippen molar-refractivity contribution in [3.63, 3.8) is 0 Å².